The molecule has 0 aliphatic heterocycles. The number of nitrogen functional groups attached to an aromatic ring is 1. The Bertz CT molecular complexity index is 874. The summed E-state index contributed by atoms with van der Waals surface area (Å²) in [6.45, 7) is 1.21. The van der Waals surface area contributed by atoms with E-state index in [1.807, 2.05) is 0 Å². The normalized spacial score (nSPS) is 11.1. The fraction of sp³-hybridized carbons (Fsp3) is 0.143. The lowest BCUT2D eigenvalue weighted by atomic mass is 10.1. The highest BCUT2D eigenvalue weighted by molar-refractivity contribution is 6.46. The van der Waals surface area contributed by atoms with Gasteiger partial charge in [0.05, 0.1) is 29.2 Å². The van der Waals surface area contributed by atoms with E-state index in [0.29, 0.717) is 11.3 Å². The average Bonchev–Trinajstić information content (AvgIpc) is 2.59. The van der Waals surface area contributed by atoms with E-state index in [0.717, 1.165) is 6.21 Å². The third-order valence-electron chi connectivity index (χ3n) is 3.17. The number of anilines is 1. The van der Waals surface area contributed by atoms with E-state index in [-0.39, 0.29) is 44.5 Å². The number of halogens is 3. The number of aryl methyl sites for hydroxylation is 1. The number of amides is 1. The number of hydrazone groups is 1. The van der Waals surface area contributed by atoms with Crippen LogP contribution < -0.4 is 11.2 Å². The first-order valence-corrected chi connectivity index (χ1v) is 7.83. The van der Waals surface area contributed by atoms with Crippen LogP contribution in [-0.2, 0) is 6.61 Å². The highest BCUT2D eigenvalue weighted by Gasteiger charge is 2.19. The first-order valence-electron chi connectivity index (χ1n) is 6.69. The summed E-state index contributed by atoms with van der Waals surface area (Å²) in [5.74, 6) is -0.957. The molecular weight excluding hydrogens is 393 g/mol. The van der Waals surface area contributed by atoms with E-state index in [1.54, 1.807) is 6.92 Å². The second-order valence-corrected chi connectivity index (χ2v) is 5.90. The van der Waals surface area contributed by atoms with Crippen LogP contribution in [0.1, 0.15) is 27.3 Å². The Balaban J connectivity index is 2.27. The predicted octanol–water partition coefficient (Wildman–Crippen LogP) is 2.29. The fourth-order valence-electron chi connectivity index (χ4n) is 1.81. The van der Waals surface area contributed by atoms with E-state index >= 15 is 0 Å². The van der Waals surface area contributed by atoms with Crippen molar-refractivity contribution in [1.29, 1.82) is 0 Å². The number of nitrogens with one attached hydrogen (secondary N) is 1. The summed E-state index contributed by atoms with van der Waals surface area (Å²) in [7, 11) is 0. The first kappa shape index (κ1) is 19.2. The molecule has 0 saturated carbocycles. The third kappa shape index (κ3) is 3.93. The van der Waals surface area contributed by atoms with Crippen LogP contribution in [0.25, 0.3) is 0 Å². The van der Waals surface area contributed by atoms with E-state index in [4.69, 9.17) is 40.5 Å². The van der Waals surface area contributed by atoms with Crippen molar-refractivity contribution in [3.05, 3.63) is 43.9 Å². The molecule has 0 saturated heterocycles. The quantitative estimate of drug-likeness (QED) is 0.351. The van der Waals surface area contributed by atoms with Gasteiger partial charge in [0.15, 0.2) is 10.8 Å². The number of rotatable bonds is 4. The largest absolute Gasteiger partial charge is 0.505 e. The Labute approximate surface area is 157 Å². The van der Waals surface area contributed by atoms with Gasteiger partial charge in [-0.2, -0.15) is 5.10 Å². The van der Waals surface area contributed by atoms with Gasteiger partial charge in [-0.15, -0.1) is 0 Å². The number of nitrogens with zero attached hydrogens (tertiary/aromatic N) is 3. The summed E-state index contributed by atoms with van der Waals surface area (Å²) in [5.41, 5.74) is 8.35. The molecule has 11 heteroatoms. The van der Waals surface area contributed by atoms with Crippen molar-refractivity contribution in [2.45, 2.75) is 13.5 Å². The zero-order valence-electron chi connectivity index (χ0n) is 12.7. The summed E-state index contributed by atoms with van der Waals surface area (Å²) in [6, 6.07) is 0. The van der Waals surface area contributed by atoms with Crippen molar-refractivity contribution < 1.29 is 15.0 Å². The van der Waals surface area contributed by atoms with Gasteiger partial charge in [0, 0.05) is 17.3 Å². The second-order valence-electron chi connectivity index (χ2n) is 4.78. The van der Waals surface area contributed by atoms with Crippen molar-refractivity contribution in [2.75, 3.05) is 5.73 Å². The van der Waals surface area contributed by atoms with Crippen LogP contribution >= 0.6 is 34.8 Å². The molecule has 5 N–H and O–H groups in total. The molecular formula is C14H12Cl3N5O3. The van der Waals surface area contributed by atoms with Gasteiger partial charge in [0.25, 0.3) is 5.91 Å². The molecule has 2 aromatic heterocycles. The van der Waals surface area contributed by atoms with Crippen LogP contribution in [0, 0.1) is 6.92 Å². The number of nitrogens with two attached hydrogens (primary N) is 1. The van der Waals surface area contributed by atoms with Crippen molar-refractivity contribution in [3.8, 4) is 5.75 Å². The molecule has 0 aliphatic rings. The van der Waals surface area contributed by atoms with Crippen LogP contribution in [0.2, 0.25) is 15.2 Å². The molecule has 8 nitrogen and oxygen atoms in total. The van der Waals surface area contributed by atoms with Crippen LogP contribution in [0.3, 0.4) is 0 Å². The minimum Gasteiger partial charge on any atom is -0.505 e. The highest BCUT2D eigenvalue weighted by atomic mass is 35.5. The van der Waals surface area contributed by atoms with Gasteiger partial charge in [-0.1, -0.05) is 34.8 Å². The molecule has 0 unspecified atom stereocenters. The van der Waals surface area contributed by atoms with Crippen molar-refractivity contribution in [3.63, 3.8) is 0 Å². The van der Waals surface area contributed by atoms with Gasteiger partial charge in [0.2, 0.25) is 0 Å². The Kier molecular flexibility index (Phi) is 6.02. The number of hydrogen-bond donors (Lipinski definition) is 4. The maximum Gasteiger partial charge on any atom is 0.291 e. The zero-order valence-corrected chi connectivity index (χ0v) is 15.0. The van der Waals surface area contributed by atoms with Crippen molar-refractivity contribution in [1.82, 2.24) is 15.4 Å². The highest BCUT2D eigenvalue weighted by Crippen LogP contribution is 2.34. The van der Waals surface area contributed by atoms with Gasteiger partial charge in [-0.05, 0) is 6.92 Å². The van der Waals surface area contributed by atoms with Gasteiger partial charge >= 0.3 is 0 Å². The van der Waals surface area contributed by atoms with Gasteiger partial charge in [0.1, 0.15) is 10.8 Å². The van der Waals surface area contributed by atoms with Gasteiger partial charge in [-0.25, -0.2) is 10.4 Å². The summed E-state index contributed by atoms with van der Waals surface area (Å²) in [5, 5.41) is 22.6. The third-order valence-corrected chi connectivity index (χ3v) is 4.31. The molecule has 25 heavy (non-hydrogen) atoms. The molecule has 0 aliphatic carbocycles. The first-order chi connectivity index (χ1) is 11.8. The molecule has 0 fully saturated rings. The zero-order chi connectivity index (χ0) is 18.7. The van der Waals surface area contributed by atoms with E-state index < -0.39 is 5.91 Å². The summed E-state index contributed by atoms with van der Waals surface area (Å²) in [6.07, 6.45) is 2.54. The molecule has 2 aromatic rings. The van der Waals surface area contributed by atoms with Gasteiger partial charge in [-0.3, -0.25) is 9.78 Å². The number of aromatic hydroxyl groups is 1. The maximum absolute atomic E-state index is 12.1. The van der Waals surface area contributed by atoms with Crippen LogP contribution in [-0.4, -0.2) is 32.3 Å². The summed E-state index contributed by atoms with van der Waals surface area (Å²) in [4.78, 5) is 19.8. The van der Waals surface area contributed by atoms with Crippen LogP contribution in [0.5, 0.6) is 5.75 Å². The minimum atomic E-state index is -0.790. The molecule has 0 atom stereocenters. The topological polar surface area (TPSA) is 134 Å². The maximum atomic E-state index is 12.1. The lowest BCUT2D eigenvalue weighted by Crippen LogP contribution is -2.20. The monoisotopic (exact) mass is 403 g/mol. The number of carbonyl (C=O) groups excluding carboxylic acids is 1. The number of aliphatic hydroxyl groups excluding tert-OH is 1. The lowest BCUT2D eigenvalue weighted by molar-refractivity contribution is 0.0950. The number of pyridine rings is 2. The Morgan fingerprint density at radius 3 is 2.72 bits per heavy atom. The predicted molar refractivity (Wildman–Crippen MR) is 95.3 cm³/mol. The van der Waals surface area contributed by atoms with Crippen molar-refractivity contribution >= 4 is 52.6 Å². The average molecular weight is 405 g/mol. The number of aromatic nitrogens is 2. The molecule has 0 spiro atoms. The molecule has 1 amide bonds. The summed E-state index contributed by atoms with van der Waals surface area (Å²) >= 11 is 17.5. The Morgan fingerprint density at radius 1 is 1.40 bits per heavy atom. The Hall–Kier alpha value is -2.13. The SMILES string of the molecule is Cc1ncc(CO)c(C=NNC(=O)c2nc(Cl)c(Cl)c(N)c2Cl)c1O. The van der Waals surface area contributed by atoms with E-state index in [9.17, 15) is 15.0 Å². The smallest absolute Gasteiger partial charge is 0.291 e. The molecule has 0 bridgehead atoms. The van der Waals surface area contributed by atoms with Crippen LogP contribution in [0.15, 0.2) is 11.3 Å². The standard InChI is InChI=1S/C14H12Cl3N5O3/c1-5-12(24)7(6(4-23)2-19-5)3-20-22-14(25)11-8(15)10(18)9(16)13(17)21-11/h2-3,23-24H,4H2,1H3,(H2,18,21)(H,22,25). The van der Waals surface area contributed by atoms with Crippen LogP contribution in [0.4, 0.5) is 5.69 Å². The van der Waals surface area contributed by atoms with E-state index in [2.05, 4.69) is 20.5 Å². The van der Waals surface area contributed by atoms with E-state index in [1.165, 1.54) is 6.20 Å². The molecule has 0 radical (unpaired) electrons. The summed E-state index contributed by atoms with van der Waals surface area (Å²) < 4.78 is 0. The Morgan fingerprint density at radius 2 is 2.08 bits per heavy atom. The molecule has 2 rings (SSSR count). The minimum absolute atomic E-state index is 0.0588. The number of hydrogen-bond acceptors (Lipinski definition) is 7. The lowest BCUT2D eigenvalue weighted by Gasteiger charge is -2.08. The number of carbonyl (C=O) groups is 1. The molecule has 0 aromatic carbocycles. The number of aliphatic hydroxyl groups is 1. The molecule has 132 valence electrons. The fourth-order valence-corrected chi connectivity index (χ4v) is 2.41. The van der Waals surface area contributed by atoms with Crippen molar-refractivity contribution in [2.24, 2.45) is 5.10 Å². The van der Waals surface area contributed by atoms with Gasteiger partial charge < -0.3 is 15.9 Å². The second kappa shape index (κ2) is 7.83. The molecule has 2 heterocycles.